The Morgan fingerprint density at radius 2 is 2.12 bits per heavy atom. The summed E-state index contributed by atoms with van der Waals surface area (Å²) in [6, 6.07) is 9.87. The Morgan fingerprint density at radius 3 is 2.82 bits per heavy atom. The van der Waals surface area contributed by atoms with Crippen molar-refractivity contribution in [3.05, 3.63) is 48.5 Å². The van der Waals surface area contributed by atoms with Gasteiger partial charge in [0.05, 0.1) is 25.9 Å². The van der Waals surface area contributed by atoms with Crippen LogP contribution in [-0.4, -0.2) is 32.6 Å². The highest BCUT2D eigenvalue weighted by Crippen LogP contribution is 2.01. The van der Waals surface area contributed by atoms with Crippen molar-refractivity contribution < 1.29 is 9.84 Å². The van der Waals surface area contributed by atoms with Gasteiger partial charge in [-0.15, -0.1) is 0 Å². The number of hydrogen-bond acceptors (Lipinski definition) is 4. The van der Waals surface area contributed by atoms with Crippen LogP contribution >= 0.6 is 0 Å². The zero-order chi connectivity index (χ0) is 11.9. The first-order valence-electron chi connectivity index (χ1n) is 5.47. The smallest absolute Gasteiger partial charge is 0.137 e. The third-order valence-corrected chi connectivity index (χ3v) is 2.29. The molecule has 5 heteroatoms. The summed E-state index contributed by atoms with van der Waals surface area (Å²) in [7, 11) is 0. The molecule has 1 aromatic carbocycles. The molecule has 0 aliphatic carbocycles. The highest BCUT2D eigenvalue weighted by molar-refractivity contribution is 5.13. The monoisotopic (exact) mass is 233 g/mol. The minimum atomic E-state index is -0.569. The summed E-state index contributed by atoms with van der Waals surface area (Å²) >= 11 is 0. The van der Waals surface area contributed by atoms with Crippen LogP contribution in [0.4, 0.5) is 0 Å². The maximum atomic E-state index is 9.69. The van der Waals surface area contributed by atoms with E-state index >= 15 is 0 Å². The van der Waals surface area contributed by atoms with Gasteiger partial charge in [-0.1, -0.05) is 30.3 Å². The van der Waals surface area contributed by atoms with E-state index in [1.54, 1.807) is 11.0 Å². The maximum absolute atomic E-state index is 9.69. The van der Waals surface area contributed by atoms with Gasteiger partial charge in [-0.25, -0.2) is 4.98 Å². The zero-order valence-corrected chi connectivity index (χ0v) is 9.44. The Balaban J connectivity index is 1.68. The molecule has 0 amide bonds. The first kappa shape index (κ1) is 11.8. The second-order valence-electron chi connectivity index (χ2n) is 3.77. The van der Waals surface area contributed by atoms with Crippen LogP contribution in [0, 0.1) is 0 Å². The Kier molecular flexibility index (Phi) is 4.23. The summed E-state index contributed by atoms with van der Waals surface area (Å²) in [5.41, 5.74) is 1.10. The van der Waals surface area contributed by atoms with Crippen molar-refractivity contribution in [2.75, 3.05) is 6.61 Å². The van der Waals surface area contributed by atoms with Crippen molar-refractivity contribution in [3.63, 3.8) is 0 Å². The van der Waals surface area contributed by atoms with E-state index in [0.29, 0.717) is 13.2 Å². The molecule has 0 fully saturated rings. The predicted octanol–water partition coefficient (Wildman–Crippen LogP) is 0.856. The van der Waals surface area contributed by atoms with E-state index in [4.69, 9.17) is 4.74 Å². The minimum absolute atomic E-state index is 0.286. The average molecular weight is 233 g/mol. The predicted molar refractivity (Wildman–Crippen MR) is 62.1 cm³/mol. The molecule has 0 bridgehead atoms. The van der Waals surface area contributed by atoms with Crippen LogP contribution in [0.1, 0.15) is 5.56 Å². The average Bonchev–Trinajstić information content (AvgIpc) is 2.83. The number of nitrogens with zero attached hydrogens (tertiary/aromatic N) is 3. The molecular weight excluding hydrogens is 218 g/mol. The molecule has 1 heterocycles. The number of rotatable bonds is 6. The lowest BCUT2D eigenvalue weighted by atomic mass is 10.2. The lowest BCUT2D eigenvalue weighted by Gasteiger charge is -2.10. The van der Waals surface area contributed by atoms with Crippen LogP contribution in [0.3, 0.4) is 0 Å². The summed E-state index contributed by atoms with van der Waals surface area (Å²) in [6.07, 6.45) is 2.44. The van der Waals surface area contributed by atoms with E-state index in [2.05, 4.69) is 10.1 Å². The Hall–Kier alpha value is -1.72. The van der Waals surface area contributed by atoms with Crippen molar-refractivity contribution >= 4 is 0 Å². The summed E-state index contributed by atoms with van der Waals surface area (Å²) in [5, 5.41) is 13.6. The summed E-state index contributed by atoms with van der Waals surface area (Å²) < 4.78 is 7.00. The highest BCUT2D eigenvalue weighted by atomic mass is 16.5. The molecule has 5 nitrogen and oxygen atoms in total. The molecule has 0 aliphatic heterocycles. The van der Waals surface area contributed by atoms with Crippen molar-refractivity contribution in [1.82, 2.24) is 14.8 Å². The number of hydrogen-bond donors (Lipinski definition) is 1. The molecule has 0 saturated carbocycles. The largest absolute Gasteiger partial charge is 0.389 e. The second kappa shape index (κ2) is 6.12. The van der Waals surface area contributed by atoms with Gasteiger partial charge in [-0.05, 0) is 5.56 Å². The highest BCUT2D eigenvalue weighted by Gasteiger charge is 2.05. The summed E-state index contributed by atoms with van der Waals surface area (Å²) in [4.78, 5) is 3.80. The lowest BCUT2D eigenvalue weighted by Crippen LogP contribution is -2.22. The molecule has 1 atom stereocenters. The number of benzene rings is 1. The standard InChI is InChI=1S/C12H15N3O2/c16-12(6-15-10-13-9-14-15)8-17-7-11-4-2-1-3-5-11/h1-5,9-10,12,16H,6-8H2. The van der Waals surface area contributed by atoms with Gasteiger partial charge in [0, 0.05) is 0 Å². The number of aromatic nitrogens is 3. The molecule has 90 valence electrons. The topological polar surface area (TPSA) is 60.2 Å². The van der Waals surface area contributed by atoms with Gasteiger partial charge in [0.25, 0.3) is 0 Å². The summed E-state index contributed by atoms with van der Waals surface area (Å²) in [6.45, 7) is 1.19. The van der Waals surface area contributed by atoms with E-state index in [9.17, 15) is 5.11 Å². The normalized spacial score (nSPS) is 12.5. The second-order valence-corrected chi connectivity index (χ2v) is 3.77. The fourth-order valence-corrected chi connectivity index (χ4v) is 1.48. The molecule has 1 unspecified atom stereocenters. The van der Waals surface area contributed by atoms with Gasteiger partial charge < -0.3 is 9.84 Å². The molecule has 2 aromatic rings. The van der Waals surface area contributed by atoms with Crippen LogP contribution < -0.4 is 0 Å². The molecule has 0 aliphatic rings. The van der Waals surface area contributed by atoms with E-state index in [1.807, 2.05) is 30.3 Å². The lowest BCUT2D eigenvalue weighted by molar-refractivity contribution is 0.0187. The number of aliphatic hydroxyl groups is 1. The number of aliphatic hydroxyl groups excluding tert-OH is 1. The molecule has 1 N–H and O–H groups in total. The van der Waals surface area contributed by atoms with Gasteiger partial charge in [0.15, 0.2) is 0 Å². The molecule has 2 rings (SSSR count). The zero-order valence-electron chi connectivity index (χ0n) is 9.44. The van der Waals surface area contributed by atoms with Gasteiger partial charge >= 0.3 is 0 Å². The van der Waals surface area contributed by atoms with Gasteiger partial charge in [-0.2, -0.15) is 5.10 Å². The van der Waals surface area contributed by atoms with E-state index in [0.717, 1.165) is 5.56 Å². The number of ether oxygens (including phenoxy) is 1. The molecule has 1 aromatic heterocycles. The molecule has 0 radical (unpaired) electrons. The molecular formula is C12H15N3O2. The Labute approximate surface area is 99.7 Å². The van der Waals surface area contributed by atoms with Crippen LogP contribution in [0.15, 0.2) is 43.0 Å². The Morgan fingerprint density at radius 1 is 1.29 bits per heavy atom. The molecule has 17 heavy (non-hydrogen) atoms. The fourth-order valence-electron chi connectivity index (χ4n) is 1.48. The third kappa shape index (κ3) is 3.97. The summed E-state index contributed by atoms with van der Waals surface area (Å²) in [5.74, 6) is 0. The van der Waals surface area contributed by atoms with Crippen LogP contribution in [0.25, 0.3) is 0 Å². The maximum Gasteiger partial charge on any atom is 0.137 e. The van der Waals surface area contributed by atoms with Crippen LogP contribution in [-0.2, 0) is 17.9 Å². The first-order valence-corrected chi connectivity index (χ1v) is 5.47. The van der Waals surface area contributed by atoms with Gasteiger partial charge in [-0.3, -0.25) is 4.68 Å². The van der Waals surface area contributed by atoms with Crippen LogP contribution in [0.5, 0.6) is 0 Å². The van der Waals surface area contributed by atoms with E-state index in [-0.39, 0.29) is 6.61 Å². The van der Waals surface area contributed by atoms with Crippen molar-refractivity contribution in [1.29, 1.82) is 0 Å². The van der Waals surface area contributed by atoms with E-state index < -0.39 is 6.10 Å². The molecule has 0 spiro atoms. The Bertz CT molecular complexity index is 417. The van der Waals surface area contributed by atoms with Gasteiger partial charge in [0.1, 0.15) is 12.7 Å². The third-order valence-electron chi connectivity index (χ3n) is 2.29. The van der Waals surface area contributed by atoms with Crippen molar-refractivity contribution in [2.24, 2.45) is 0 Å². The molecule has 0 saturated heterocycles. The van der Waals surface area contributed by atoms with E-state index in [1.165, 1.54) is 6.33 Å². The fraction of sp³-hybridized carbons (Fsp3) is 0.333. The van der Waals surface area contributed by atoms with Crippen molar-refractivity contribution in [2.45, 2.75) is 19.3 Å². The minimum Gasteiger partial charge on any atom is -0.389 e. The first-order chi connectivity index (χ1) is 8.34. The quantitative estimate of drug-likeness (QED) is 0.803. The van der Waals surface area contributed by atoms with Crippen molar-refractivity contribution in [3.8, 4) is 0 Å². The van der Waals surface area contributed by atoms with Crippen LogP contribution in [0.2, 0.25) is 0 Å². The van der Waals surface area contributed by atoms with Gasteiger partial charge in [0.2, 0.25) is 0 Å². The SMILES string of the molecule is OC(COCc1ccccc1)Cn1cncn1.